The van der Waals surface area contributed by atoms with E-state index in [9.17, 15) is 0 Å². The van der Waals surface area contributed by atoms with E-state index in [0.717, 1.165) is 21.9 Å². The summed E-state index contributed by atoms with van der Waals surface area (Å²) < 4.78 is 37.0. The van der Waals surface area contributed by atoms with Crippen molar-refractivity contribution >= 4 is 21.9 Å². The maximum Gasteiger partial charge on any atom is 0.144 e. The van der Waals surface area contributed by atoms with Gasteiger partial charge in [0.1, 0.15) is 11.2 Å². The fraction of sp³-hybridized carbons (Fsp3) is 0.105. The van der Waals surface area contributed by atoms with E-state index in [0.29, 0.717) is 22.9 Å². The van der Waals surface area contributed by atoms with Crippen molar-refractivity contribution in [3.05, 3.63) is 65.8 Å². The molecule has 4 aromatic rings. The minimum absolute atomic E-state index is 0.239. The lowest BCUT2D eigenvalue weighted by Gasteiger charge is -2.02. The normalized spacial score (nSPS) is 14.7. The number of pyridine rings is 1. The number of aryl methyl sites for hydroxylation is 2. The molecule has 0 unspecified atom stereocenters. The van der Waals surface area contributed by atoms with Crippen molar-refractivity contribution in [2.75, 3.05) is 0 Å². The van der Waals surface area contributed by atoms with E-state index < -0.39 is 6.85 Å². The number of hydrogen-bond donors (Lipinski definition) is 0. The lowest BCUT2D eigenvalue weighted by molar-refractivity contribution is 0.669. The molecule has 102 valence electrons. The molecule has 0 atom stereocenters. The number of rotatable bonds is 1. The molecule has 21 heavy (non-hydrogen) atoms. The average molecular weight is 277 g/mol. The third-order valence-electron chi connectivity index (χ3n) is 3.60. The van der Waals surface area contributed by atoms with Gasteiger partial charge in [-0.25, -0.2) is 0 Å². The number of hydrogen-bond acceptors (Lipinski definition) is 2. The Morgan fingerprint density at radius 2 is 2.05 bits per heavy atom. The highest BCUT2D eigenvalue weighted by Gasteiger charge is 2.12. The smallest absolute Gasteiger partial charge is 0.144 e. The van der Waals surface area contributed by atoms with Gasteiger partial charge in [-0.15, -0.1) is 0 Å². The van der Waals surface area contributed by atoms with Gasteiger partial charge in [0.25, 0.3) is 0 Å². The molecule has 0 spiro atoms. The molecule has 4 rings (SSSR count). The maximum atomic E-state index is 8.23. The number of nitrogens with zero attached hydrogens (tertiary/aromatic N) is 1. The van der Waals surface area contributed by atoms with Gasteiger partial charge in [0.2, 0.25) is 0 Å². The Balaban J connectivity index is 2.02. The first-order chi connectivity index (χ1) is 11.9. The predicted molar refractivity (Wildman–Crippen MR) is 86.4 cm³/mol. The Morgan fingerprint density at radius 3 is 2.95 bits per heavy atom. The van der Waals surface area contributed by atoms with Crippen LogP contribution in [0.25, 0.3) is 33.2 Å². The fourth-order valence-corrected chi connectivity index (χ4v) is 2.61. The molecule has 0 N–H and O–H groups in total. The lowest BCUT2D eigenvalue weighted by atomic mass is 10.0. The first-order valence-corrected chi connectivity index (χ1v) is 6.74. The lowest BCUT2D eigenvalue weighted by Crippen LogP contribution is -1.84. The molecule has 2 aromatic carbocycles. The average Bonchev–Trinajstić information content (AvgIpc) is 2.97. The van der Waals surface area contributed by atoms with Gasteiger partial charge in [0.05, 0.1) is 7.06 Å². The number of furan rings is 1. The molecule has 0 aliphatic heterocycles. The molecule has 2 aromatic heterocycles. The topological polar surface area (TPSA) is 26.0 Å². The van der Waals surface area contributed by atoms with Gasteiger partial charge >= 0.3 is 0 Å². The zero-order valence-corrected chi connectivity index (χ0v) is 11.5. The van der Waals surface area contributed by atoms with Crippen LogP contribution < -0.4 is 0 Å². The Labute approximate surface area is 128 Å². The van der Waals surface area contributed by atoms with Crippen LogP contribution in [0.2, 0.25) is 0 Å². The van der Waals surface area contributed by atoms with Crippen molar-refractivity contribution in [1.82, 2.24) is 4.98 Å². The summed E-state index contributed by atoms with van der Waals surface area (Å²) in [5.74, 6) is 0. The van der Waals surface area contributed by atoms with Crippen LogP contribution in [-0.2, 0) is 0 Å². The van der Waals surface area contributed by atoms with Gasteiger partial charge in [-0.2, -0.15) is 0 Å². The predicted octanol–water partition coefficient (Wildman–Crippen LogP) is 5.26. The molecular formula is C19H15NO. The molecule has 0 fully saturated rings. The van der Waals surface area contributed by atoms with Gasteiger partial charge < -0.3 is 4.42 Å². The maximum absolute atomic E-state index is 8.23. The minimum Gasteiger partial charge on any atom is -0.455 e. The monoisotopic (exact) mass is 277 g/mol. The fourth-order valence-electron chi connectivity index (χ4n) is 2.61. The van der Waals surface area contributed by atoms with Crippen molar-refractivity contribution < 1.29 is 9.90 Å². The van der Waals surface area contributed by atoms with Crippen LogP contribution in [0.5, 0.6) is 0 Å². The van der Waals surface area contributed by atoms with Crippen molar-refractivity contribution in [2.24, 2.45) is 0 Å². The summed E-state index contributed by atoms with van der Waals surface area (Å²) in [4.78, 5) is 4.33. The molecular weight excluding hydrogens is 258 g/mol. The summed E-state index contributed by atoms with van der Waals surface area (Å²) in [6.07, 6.45) is 1.50. The number of aromatic nitrogens is 1. The van der Waals surface area contributed by atoms with Crippen LogP contribution in [0.4, 0.5) is 0 Å². The van der Waals surface area contributed by atoms with Gasteiger partial charge in [-0.05, 0) is 49.1 Å². The number of benzene rings is 2. The molecule has 0 aliphatic carbocycles. The molecule has 0 saturated carbocycles. The second kappa shape index (κ2) is 4.45. The molecule has 2 heteroatoms. The van der Waals surface area contributed by atoms with Crippen LogP contribution in [0.1, 0.15) is 16.6 Å². The van der Waals surface area contributed by atoms with E-state index in [1.807, 2.05) is 37.3 Å². The van der Waals surface area contributed by atoms with Crippen LogP contribution in [-0.4, -0.2) is 4.98 Å². The summed E-state index contributed by atoms with van der Waals surface area (Å²) >= 11 is 0. The van der Waals surface area contributed by atoms with E-state index in [-0.39, 0.29) is 5.56 Å². The first-order valence-electron chi connectivity index (χ1n) is 8.74. The van der Waals surface area contributed by atoms with Crippen molar-refractivity contribution in [3.8, 4) is 11.3 Å². The molecule has 0 aliphatic rings. The highest BCUT2D eigenvalue weighted by atomic mass is 16.3. The SMILES string of the molecule is [2H]c1c(C)ccc2c1oc1c(-c3cc(C([2H])([2H])[2H])ccn3)cccc12. The number of para-hydroxylation sites is 1. The first kappa shape index (κ1) is 8.63. The zero-order valence-electron chi connectivity index (χ0n) is 15.5. The minimum atomic E-state index is -2.19. The molecule has 0 bridgehead atoms. The quantitative estimate of drug-likeness (QED) is 0.474. The van der Waals surface area contributed by atoms with Crippen LogP contribution in [0.15, 0.2) is 59.1 Å². The van der Waals surface area contributed by atoms with E-state index in [2.05, 4.69) is 4.98 Å². The third-order valence-corrected chi connectivity index (χ3v) is 3.60. The van der Waals surface area contributed by atoms with Crippen LogP contribution in [0.3, 0.4) is 0 Å². The van der Waals surface area contributed by atoms with Crippen LogP contribution >= 0.6 is 0 Å². The van der Waals surface area contributed by atoms with Gasteiger partial charge in [-0.1, -0.05) is 24.3 Å². The zero-order chi connectivity index (χ0) is 17.8. The standard InChI is InChI=1S/C19H15NO/c1-12-6-7-14-15-4-3-5-16(19(15)21-18(14)11-12)17-10-13(2)8-9-20-17/h3-11H,1-2H3/i2D3,11D. The Bertz CT molecular complexity index is 1110. The summed E-state index contributed by atoms with van der Waals surface area (Å²) in [6.45, 7) is -0.317. The van der Waals surface area contributed by atoms with E-state index in [1.54, 1.807) is 6.07 Å². The summed E-state index contributed by atoms with van der Waals surface area (Å²) in [7, 11) is 0. The molecule has 2 heterocycles. The van der Waals surface area contributed by atoms with Gasteiger partial charge in [0.15, 0.2) is 0 Å². The van der Waals surface area contributed by atoms with E-state index >= 15 is 0 Å². The summed E-state index contributed by atoms with van der Waals surface area (Å²) in [5.41, 5.74) is 3.50. The Hall–Kier alpha value is -2.61. The van der Waals surface area contributed by atoms with E-state index in [4.69, 9.17) is 9.90 Å². The third kappa shape index (κ3) is 1.91. The molecule has 0 radical (unpaired) electrons. The van der Waals surface area contributed by atoms with Crippen molar-refractivity contribution in [2.45, 2.75) is 13.8 Å². The molecule has 2 nitrogen and oxygen atoms in total. The highest BCUT2D eigenvalue weighted by molar-refractivity contribution is 6.09. The Kier molecular flexibility index (Phi) is 1.83. The number of fused-ring (bicyclic) bond motifs is 3. The van der Waals surface area contributed by atoms with Gasteiger partial charge in [0, 0.05) is 26.6 Å². The largest absolute Gasteiger partial charge is 0.455 e. The second-order valence-corrected chi connectivity index (χ2v) is 5.10. The molecule has 0 saturated heterocycles. The highest BCUT2D eigenvalue weighted by Crippen LogP contribution is 2.35. The Morgan fingerprint density at radius 1 is 1.10 bits per heavy atom. The van der Waals surface area contributed by atoms with Crippen molar-refractivity contribution in [1.29, 1.82) is 0 Å². The van der Waals surface area contributed by atoms with Crippen molar-refractivity contribution in [3.63, 3.8) is 0 Å². The van der Waals surface area contributed by atoms with Gasteiger partial charge in [-0.3, -0.25) is 4.98 Å². The molecule has 0 amide bonds. The summed E-state index contributed by atoms with van der Waals surface area (Å²) in [5, 5.41) is 1.77. The summed E-state index contributed by atoms with van der Waals surface area (Å²) in [6, 6.07) is 13.0. The van der Waals surface area contributed by atoms with Crippen LogP contribution in [0, 0.1) is 13.8 Å². The second-order valence-electron chi connectivity index (χ2n) is 5.10. The van der Waals surface area contributed by atoms with E-state index in [1.165, 1.54) is 12.3 Å².